The number of esters is 3. The number of carbonyl (C=O) groups is 3. The van der Waals surface area contributed by atoms with E-state index in [0.29, 0.717) is 0 Å². The van der Waals surface area contributed by atoms with Gasteiger partial charge >= 0.3 is 24.1 Å². The number of nitrogens with one attached hydrogen (secondary N) is 2. The molecular weight excluding hydrogens is 463 g/mol. The molecule has 0 spiro atoms. The van der Waals surface area contributed by atoms with Crippen molar-refractivity contribution in [3.05, 3.63) is 40.5 Å². The predicted octanol–water partition coefficient (Wildman–Crippen LogP) is 3.59. The molecule has 0 radical (unpaired) electrons. The van der Waals surface area contributed by atoms with E-state index in [-0.39, 0.29) is 47.8 Å². The summed E-state index contributed by atoms with van der Waals surface area (Å²) in [4.78, 5) is 39.8. The summed E-state index contributed by atoms with van der Waals surface area (Å²) < 4.78 is 58.9. The largest absolute Gasteiger partial charge is 0.490 e. The zero-order valence-electron chi connectivity index (χ0n) is 19.3. The lowest BCUT2D eigenvalue weighted by atomic mass is 10.0. The second-order valence-electron chi connectivity index (χ2n) is 7.99. The highest BCUT2D eigenvalue weighted by Crippen LogP contribution is 2.30. The summed E-state index contributed by atoms with van der Waals surface area (Å²) in [6, 6.07) is 1.43. The van der Waals surface area contributed by atoms with Crippen LogP contribution in [0.25, 0.3) is 0 Å². The minimum Gasteiger partial charge on any atom is -0.462 e. The van der Waals surface area contributed by atoms with Crippen molar-refractivity contribution >= 4 is 17.9 Å². The van der Waals surface area contributed by atoms with Crippen LogP contribution in [0.2, 0.25) is 0 Å². The van der Waals surface area contributed by atoms with Crippen LogP contribution in [-0.2, 0) is 32.0 Å². The molecule has 0 fully saturated rings. The molecule has 2 aromatic rings. The fourth-order valence-corrected chi connectivity index (χ4v) is 2.95. The van der Waals surface area contributed by atoms with E-state index in [1.54, 1.807) is 27.7 Å². The van der Waals surface area contributed by atoms with Gasteiger partial charge < -0.3 is 23.7 Å². The lowest BCUT2D eigenvalue weighted by Gasteiger charge is -2.20. The molecule has 0 amide bonds. The predicted molar refractivity (Wildman–Crippen MR) is 110 cm³/mol. The second-order valence-corrected chi connectivity index (χ2v) is 7.99. The van der Waals surface area contributed by atoms with E-state index in [9.17, 15) is 27.6 Å². The Balaban J connectivity index is 2.61. The molecule has 0 saturated heterocycles. The molecule has 0 bridgehead atoms. The van der Waals surface area contributed by atoms with Gasteiger partial charge in [-0.05, 0) is 39.7 Å². The Kier molecular flexibility index (Phi) is 8.48. The van der Waals surface area contributed by atoms with E-state index in [2.05, 4.69) is 20.2 Å². The van der Waals surface area contributed by atoms with E-state index < -0.39 is 35.9 Å². The Bertz CT molecular complexity index is 1010. The van der Waals surface area contributed by atoms with E-state index in [0.717, 1.165) is 0 Å². The number of nitrogens with zero attached hydrogens (tertiary/aromatic N) is 1. The van der Waals surface area contributed by atoms with Crippen LogP contribution < -0.4 is 5.32 Å². The average molecular weight is 489 g/mol. The van der Waals surface area contributed by atoms with Crippen LogP contribution in [0.5, 0.6) is 0 Å². The Morgan fingerprint density at radius 2 is 1.85 bits per heavy atom. The van der Waals surface area contributed by atoms with Gasteiger partial charge in [-0.15, -0.1) is 0 Å². The highest BCUT2D eigenvalue weighted by atomic mass is 19.4. The van der Waals surface area contributed by atoms with Crippen LogP contribution in [0, 0.1) is 0 Å². The van der Waals surface area contributed by atoms with Crippen LogP contribution in [0.3, 0.4) is 0 Å². The molecule has 1 atom stereocenters. The van der Waals surface area contributed by atoms with Crippen molar-refractivity contribution in [2.45, 2.75) is 65.6 Å². The summed E-state index contributed by atoms with van der Waals surface area (Å²) in [7, 11) is 0. The number of carbonyl (C=O) groups excluding carboxylic acids is 3. The van der Waals surface area contributed by atoms with Gasteiger partial charge in [0.1, 0.15) is 11.3 Å². The van der Waals surface area contributed by atoms with Gasteiger partial charge in [0.15, 0.2) is 12.0 Å². The van der Waals surface area contributed by atoms with Crippen LogP contribution in [-0.4, -0.2) is 46.4 Å². The zero-order valence-corrected chi connectivity index (χ0v) is 19.3. The van der Waals surface area contributed by atoms with Gasteiger partial charge in [0.2, 0.25) is 0 Å². The van der Waals surface area contributed by atoms with Gasteiger partial charge in [-0.25, -0.2) is 14.4 Å². The van der Waals surface area contributed by atoms with Crippen molar-refractivity contribution in [3.63, 3.8) is 0 Å². The van der Waals surface area contributed by atoms with Gasteiger partial charge in [-0.2, -0.15) is 13.2 Å². The van der Waals surface area contributed by atoms with Crippen LogP contribution in [0.1, 0.15) is 78.7 Å². The minimum absolute atomic E-state index is 0.0487. The van der Waals surface area contributed by atoms with Gasteiger partial charge in [0.25, 0.3) is 0 Å². The van der Waals surface area contributed by atoms with Crippen molar-refractivity contribution in [3.8, 4) is 0 Å². The monoisotopic (exact) mass is 489 g/mol. The number of aromatic nitrogens is 2. The number of halogens is 3. The highest BCUT2D eigenvalue weighted by molar-refractivity contribution is 5.99. The molecule has 10 nitrogen and oxygen atoms in total. The standard InChI is InChI=1S/C21H26F3N3O7/c1-6-12-13(17(28)31-7-2)15(27-14(12)18(29)33-20(3,4)5)16(32-19(30)21(22,23)24)25-10-11-8-9-26-34-11/h8-9,16,25,27H,6-7,10H2,1-5H3. The molecular formula is C21H26F3N3O7. The summed E-state index contributed by atoms with van der Waals surface area (Å²) >= 11 is 0. The fourth-order valence-electron chi connectivity index (χ4n) is 2.95. The first-order valence-electron chi connectivity index (χ1n) is 10.3. The molecule has 188 valence electrons. The first-order chi connectivity index (χ1) is 15.8. The number of ether oxygens (including phenoxy) is 3. The first-order valence-corrected chi connectivity index (χ1v) is 10.3. The third kappa shape index (κ3) is 6.83. The summed E-state index contributed by atoms with van der Waals surface area (Å²) in [6.07, 6.45) is -5.73. The summed E-state index contributed by atoms with van der Waals surface area (Å²) in [5, 5.41) is 6.05. The number of aromatic amines is 1. The SMILES string of the molecule is CCOC(=O)c1c(C(NCc2ccno2)OC(=O)C(F)(F)F)[nH]c(C(=O)OC(C)(C)C)c1CC. The number of hydrogen-bond acceptors (Lipinski definition) is 9. The highest BCUT2D eigenvalue weighted by Gasteiger charge is 2.44. The van der Waals surface area contributed by atoms with Crippen molar-refractivity contribution < 1.29 is 46.3 Å². The quantitative estimate of drug-likeness (QED) is 0.308. The van der Waals surface area contributed by atoms with E-state index in [4.69, 9.17) is 14.0 Å². The average Bonchev–Trinajstić information content (AvgIpc) is 3.36. The van der Waals surface area contributed by atoms with Crippen LogP contribution >= 0.6 is 0 Å². The number of alkyl halides is 3. The number of rotatable bonds is 9. The van der Waals surface area contributed by atoms with Gasteiger partial charge in [0, 0.05) is 6.07 Å². The molecule has 13 heteroatoms. The van der Waals surface area contributed by atoms with E-state index in [1.165, 1.54) is 19.2 Å². The summed E-state index contributed by atoms with van der Waals surface area (Å²) in [6.45, 7) is 7.77. The second kappa shape index (κ2) is 10.7. The Labute approximate surface area is 193 Å². The van der Waals surface area contributed by atoms with Gasteiger partial charge in [-0.3, -0.25) is 5.32 Å². The fraction of sp³-hybridized carbons (Fsp3) is 0.524. The molecule has 1 unspecified atom stereocenters. The Hall–Kier alpha value is -3.35. The number of H-pyrrole nitrogens is 1. The topological polar surface area (TPSA) is 133 Å². The maximum absolute atomic E-state index is 13.0. The number of hydrogen-bond donors (Lipinski definition) is 2. The van der Waals surface area contributed by atoms with Gasteiger partial charge in [-0.1, -0.05) is 12.1 Å². The molecule has 34 heavy (non-hydrogen) atoms. The smallest absolute Gasteiger partial charge is 0.462 e. The van der Waals surface area contributed by atoms with Crippen molar-refractivity contribution in [1.82, 2.24) is 15.5 Å². The normalized spacial score (nSPS) is 12.8. The lowest BCUT2D eigenvalue weighted by Crippen LogP contribution is -2.34. The molecule has 0 aliphatic heterocycles. The first kappa shape index (κ1) is 26.9. The summed E-state index contributed by atoms with van der Waals surface area (Å²) in [5.41, 5.74) is -1.49. The summed E-state index contributed by atoms with van der Waals surface area (Å²) in [5.74, 6) is -4.07. The van der Waals surface area contributed by atoms with Gasteiger partial charge in [0.05, 0.1) is 30.6 Å². The molecule has 0 aliphatic carbocycles. The molecule has 2 rings (SSSR count). The maximum atomic E-state index is 13.0. The molecule has 0 saturated carbocycles. The third-order valence-corrected chi connectivity index (χ3v) is 4.24. The molecule has 0 aromatic carbocycles. The minimum atomic E-state index is -5.32. The van der Waals surface area contributed by atoms with Crippen molar-refractivity contribution in [2.24, 2.45) is 0 Å². The third-order valence-electron chi connectivity index (χ3n) is 4.24. The van der Waals surface area contributed by atoms with Crippen LogP contribution in [0.4, 0.5) is 13.2 Å². The Morgan fingerprint density at radius 3 is 2.35 bits per heavy atom. The zero-order chi connectivity index (χ0) is 25.7. The maximum Gasteiger partial charge on any atom is 0.490 e. The van der Waals surface area contributed by atoms with Crippen molar-refractivity contribution in [2.75, 3.05) is 6.61 Å². The van der Waals surface area contributed by atoms with E-state index >= 15 is 0 Å². The van der Waals surface area contributed by atoms with Crippen LogP contribution in [0.15, 0.2) is 16.8 Å². The molecule has 2 aromatic heterocycles. The van der Waals surface area contributed by atoms with E-state index in [1.807, 2.05) is 0 Å². The Morgan fingerprint density at radius 1 is 1.18 bits per heavy atom. The molecule has 2 N–H and O–H groups in total. The lowest BCUT2D eigenvalue weighted by molar-refractivity contribution is -0.207. The molecule has 2 heterocycles. The van der Waals surface area contributed by atoms with Crippen molar-refractivity contribution in [1.29, 1.82) is 0 Å². The molecule has 0 aliphatic rings.